The molecule has 30 heavy (non-hydrogen) atoms. The topological polar surface area (TPSA) is 96.0 Å². The number of esters is 1. The molecule has 0 radical (unpaired) electrons. The number of imide groups is 1. The average molecular weight is 411 g/mol. The number of hydrogen-bond acceptors (Lipinski definition) is 5. The lowest BCUT2D eigenvalue weighted by atomic mass is 9.98. The van der Waals surface area contributed by atoms with Crippen LogP contribution in [-0.2, 0) is 19.1 Å². The van der Waals surface area contributed by atoms with Crippen LogP contribution in [0.5, 0.6) is 0 Å². The first kappa shape index (κ1) is 20.1. The van der Waals surface area contributed by atoms with E-state index in [4.69, 9.17) is 4.74 Å². The molecule has 4 amide bonds. The minimum Gasteiger partial charge on any atom is -0.454 e. The molecule has 1 N–H and O–H groups in total. The second kappa shape index (κ2) is 8.30. The summed E-state index contributed by atoms with van der Waals surface area (Å²) in [5, 5.41) is 2.72. The molecule has 1 aliphatic carbocycles. The predicted octanol–water partition coefficient (Wildman–Crippen LogP) is 1.71. The highest BCUT2D eigenvalue weighted by Gasteiger charge is 2.52. The zero-order chi connectivity index (χ0) is 21.1. The van der Waals surface area contributed by atoms with Crippen molar-refractivity contribution in [2.24, 2.45) is 0 Å². The van der Waals surface area contributed by atoms with Gasteiger partial charge in [0.15, 0.2) is 6.61 Å². The van der Waals surface area contributed by atoms with Crippen molar-refractivity contribution in [3.05, 3.63) is 42.0 Å². The molecule has 158 valence electrons. The van der Waals surface area contributed by atoms with Gasteiger partial charge in [0.25, 0.3) is 11.8 Å². The molecule has 2 heterocycles. The van der Waals surface area contributed by atoms with Gasteiger partial charge in [-0.05, 0) is 30.4 Å². The van der Waals surface area contributed by atoms with Crippen molar-refractivity contribution in [1.29, 1.82) is 0 Å². The van der Waals surface area contributed by atoms with Gasteiger partial charge in [0.05, 0.1) is 0 Å². The lowest BCUT2D eigenvalue weighted by Gasteiger charge is -2.26. The maximum absolute atomic E-state index is 12.6. The molecule has 0 unspecified atom stereocenters. The van der Waals surface area contributed by atoms with Gasteiger partial charge in [-0.2, -0.15) is 0 Å². The fourth-order valence-electron chi connectivity index (χ4n) is 4.36. The van der Waals surface area contributed by atoms with E-state index in [9.17, 15) is 19.2 Å². The molecule has 0 bridgehead atoms. The number of carbonyl (C=O) groups is 4. The Balaban J connectivity index is 1.25. The highest BCUT2D eigenvalue weighted by Crippen LogP contribution is 2.34. The fourth-order valence-corrected chi connectivity index (χ4v) is 4.36. The van der Waals surface area contributed by atoms with E-state index >= 15 is 0 Å². The van der Waals surface area contributed by atoms with Gasteiger partial charge in [0.1, 0.15) is 12.1 Å². The molecule has 1 aromatic rings. The average Bonchev–Trinajstić information content (AvgIpc) is 3.33. The molecule has 4 rings (SSSR count). The van der Waals surface area contributed by atoms with Crippen LogP contribution in [0, 0.1) is 0 Å². The minimum absolute atomic E-state index is 0.295. The molecule has 3 aliphatic rings. The third-order valence-corrected chi connectivity index (χ3v) is 6.05. The highest BCUT2D eigenvalue weighted by atomic mass is 16.5. The Bertz CT molecular complexity index is 889. The van der Waals surface area contributed by atoms with E-state index in [0.29, 0.717) is 25.9 Å². The number of ether oxygens (including phenoxy) is 1. The Hall–Kier alpha value is -3.16. The maximum Gasteiger partial charge on any atom is 0.326 e. The first-order chi connectivity index (χ1) is 14.5. The van der Waals surface area contributed by atoms with Gasteiger partial charge in [-0.25, -0.2) is 4.79 Å². The maximum atomic E-state index is 12.6. The van der Waals surface area contributed by atoms with Gasteiger partial charge >= 0.3 is 12.0 Å². The molecule has 1 saturated carbocycles. The SMILES string of the molecule is O=C(CN1C(=O)NC2(CCCC2)C1=O)OCC(=O)N1CC=C(c2ccccc2)CC1. The monoisotopic (exact) mass is 411 g/mol. The first-order valence-corrected chi connectivity index (χ1v) is 10.3. The van der Waals surface area contributed by atoms with Crippen LogP contribution in [0.15, 0.2) is 36.4 Å². The Morgan fingerprint density at radius 2 is 1.83 bits per heavy atom. The van der Waals surface area contributed by atoms with Gasteiger partial charge in [-0.15, -0.1) is 0 Å². The van der Waals surface area contributed by atoms with Crippen molar-refractivity contribution >= 4 is 29.4 Å². The molecule has 0 aromatic heterocycles. The molecule has 1 saturated heterocycles. The van der Waals surface area contributed by atoms with Crippen LogP contribution in [0.4, 0.5) is 4.79 Å². The lowest BCUT2D eigenvalue weighted by Crippen LogP contribution is -2.44. The normalized spacial score (nSPS) is 20.3. The van der Waals surface area contributed by atoms with E-state index < -0.39 is 30.7 Å². The first-order valence-electron chi connectivity index (χ1n) is 10.3. The third kappa shape index (κ3) is 3.94. The molecule has 0 atom stereocenters. The molecule has 2 aliphatic heterocycles. The second-order valence-corrected chi connectivity index (χ2v) is 7.96. The number of urea groups is 1. The smallest absolute Gasteiger partial charge is 0.326 e. The number of carbonyl (C=O) groups excluding carboxylic acids is 4. The third-order valence-electron chi connectivity index (χ3n) is 6.05. The van der Waals surface area contributed by atoms with Crippen LogP contribution < -0.4 is 5.32 Å². The minimum atomic E-state index is -0.857. The summed E-state index contributed by atoms with van der Waals surface area (Å²) < 4.78 is 5.05. The van der Waals surface area contributed by atoms with Crippen LogP contribution in [0.1, 0.15) is 37.7 Å². The van der Waals surface area contributed by atoms with Crippen molar-refractivity contribution in [3.8, 4) is 0 Å². The largest absolute Gasteiger partial charge is 0.454 e. The predicted molar refractivity (Wildman–Crippen MR) is 108 cm³/mol. The van der Waals surface area contributed by atoms with Crippen molar-refractivity contribution in [3.63, 3.8) is 0 Å². The number of nitrogens with one attached hydrogen (secondary N) is 1. The van der Waals surface area contributed by atoms with E-state index in [-0.39, 0.29) is 11.8 Å². The molecule has 2 fully saturated rings. The zero-order valence-corrected chi connectivity index (χ0v) is 16.8. The summed E-state index contributed by atoms with van der Waals surface area (Å²) in [4.78, 5) is 51.7. The van der Waals surface area contributed by atoms with Crippen LogP contribution in [0.2, 0.25) is 0 Å². The summed E-state index contributed by atoms with van der Waals surface area (Å²) in [5.74, 6) is -1.43. The Morgan fingerprint density at radius 3 is 2.50 bits per heavy atom. The van der Waals surface area contributed by atoms with Crippen molar-refractivity contribution in [1.82, 2.24) is 15.1 Å². The summed E-state index contributed by atoms with van der Waals surface area (Å²) in [6.45, 7) is 0.128. The molecule has 8 nitrogen and oxygen atoms in total. The fraction of sp³-hybridized carbons (Fsp3) is 0.455. The van der Waals surface area contributed by atoms with Crippen LogP contribution >= 0.6 is 0 Å². The second-order valence-electron chi connectivity index (χ2n) is 7.96. The Kier molecular flexibility index (Phi) is 5.57. The van der Waals surface area contributed by atoms with E-state index in [1.54, 1.807) is 4.90 Å². The van der Waals surface area contributed by atoms with Gasteiger partial charge < -0.3 is 15.0 Å². The van der Waals surface area contributed by atoms with E-state index in [1.807, 2.05) is 36.4 Å². The molecule has 8 heteroatoms. The van der Waals surface area contributed by atoms with Crippen LogP contribution in [0.25, 0.3) is 5.57 Å². The van der Waals surface area contributed by atoms with E-state index in [2.05, 4.69) is 5.32 Å². The Labute approximate surface area is 174 Å². The molecular formula is C22H25N3O5. The van der Waals surface area contributed by atoms with Gasteiger partial charge in [0.2, 0.25) is 0 Å². The van der Waals surface area contributed by atoms with E-state index in [0.717, 1.165) is 29.7 Å². The number of rotatable bonds is 5. The highest BCUT2D eigenvalue weighted by molar-refractivity contribution is 6.08. The summed E-state index contributed by atoms with van der Waals surface area (Å²) in [6, 6.07) is 9.43. The standard InChI is InChI=1S/C22H25N3O5/c26-18(24-12-8-17(9-13-24)16-6-2-1-3-7-16)15-30-19(27)14-25-20(28)22(23-21(25)29)10-4-5-11-22/h1-3,6-8H,4-5,9-15H2,(H,23,29). The molecule has 1 spiro atoms. The quantitative estimate of drug-likeness (QED) is 0.588. The summed E-state index contributed by atoms with van der Waals surface area (Å²) >= 11 is 0. The molecular weight excluding hydrogens is 386 g/mol. The van der Waals surface area contributed by atoms with Gasteiger partial charge in [-0.3, -0.25) is 19.3 Å². The zero-order valence-electron chi connectivity index (χ0n) is 16.8. The van der Waals surface area contributed by atoms with Gasteiger partial charge in [-0.1, -0.05) is 49.2 Å². The number of hydrogen-bond donors (Lipinski definition) is 1. The summed E-state index contributed by atoms with van der Waals surface area (Å²) in [7, 11) is 0. The van der Waals surface area contributed by atoms with Crippen LogP contribution in [-0.4, -0.2) is 65.4 Å². The summed E-state index contributed by atoms with van der Waals surface area (Å²) in [5.41, 5.74) is 1.48. The lowest BCUT2D eigenvalue weighted by molar-refractivity contribution is -0.153. The number of nitrogens with zero attached hydrogens (tertiary/aromatic N) is 2. The Morgan fingerprint density at radius 1 is 1.10 bits per heavy atom. The van der Waals surface area contributed by atoms with Crippen LogP contribution in [0.3, 0.4) is 0 Å². The molecule has 1 aromatic carbocycles. The number of benzene rings is 1. The van der Waals surface area contributed by atoms with Crippen molar-refractivity contribution in [2.75, 3.05) is 26.2 Å². The van der Waals surface area contributed by atoms with Crippen molar-refractivity contribution in [2.45, 2.75) is 37.6 Å². The van der Waals surface area contributed by atoms with Gasteiger partial charge in [0, 0.05) is 13.1 Å². The summed E-state index contributed by atoms with van der Waals surface area (Å²) in [6.07, 6.45) is 5.66. The number of amides is 4. The van der Waals surface area contributed by atoms with E-state index in [1.165, 1.54) is 5.57 Å². The van der Waals surface area contributed by atoms with Crippen molar-refractivity contribution < 1.29 is 23.9 Å².